The van der Waals surface area contributed by atoms with Crippen LogP contribution in [0.15, 0.2) is 10.7 Å². The van der Waals surface area contributed by atoms with Crippen molar-refractivity contribution in [1.82, 2.24) is 9.78 Å². The van der Waals surface area contributed by atoms with E-state index >= 15 is 0 Å². The number of aromatic nitrogens is 2. The zero-order valence-electron chi connectivity index (χ0n) is 7.70. The maximum Gasteiger partial charge on any atom is 0.136 e. The average Bonchev–Trinajstić information content (AvgIpc) is 2.62. The molecule has 0 radical (unpaired) electrons. The topological polar surface area (TPSA) is 43.8 Å². The van der Waals surface area contributed by atoms with Crippen LogP contribution in [0.3, 0.4) is 0 Å². The van der Waals surface area contributed by atoms with Gasteiger partial charge < -0.3 is 5.73 Å². The summed E-state index contributed by atoms with van der Waals surface area (Å²) < 4.78 is 2.86. The van der Waals surface area contributed by atoms with E-state index in [-0.39, 0.29) is 0 Å². The van der Waals surface area contributed by atoms with Gasteiger partial charge in [0, 0.05) is 0 Å². The van der Waals surface area contributed by atoms with Crippen LogP contribution in [0.5, 0.6) is 0 Å². The highest BCUT2D eigenvalue weighted by Gasteiger charge is 2.24. The van der Waals surface area contributed by atoms with Crippen molar-refractivity contribution >= 4 is 21.7 Å². The van der Waals surface area contributed by atoms with Gasteiger partial charge in [0.2, 0.25) is 0 Å². The number of rotatable bonds is 1. The largest absolute Gasteiger partial charge is 0.383 e. The van der Waals surface area contributed by atoms with E-state index in [9.17, 15) is 0 Å². The molecule has 0 aromatic carbocycles. The van der Waals surface area contributed by atoms with Crippen molar-refractivity contribution in [3.8, 4) is 0 Å². The summed E-state index contributed by atoms with van der Waals surface area (Å²) in [4.78, 5) is 0. The van der Waals surface area contributed by atoms with Crippen LogP contribution < -0.4 is 5.73 Å². The van der Waals surface area contributed by atoms with Gasteiger partial charge in [0.25, 0.3) is 0 Å². The molecule has 72 valence electrons. The molecule has 13 heavy (non-hydrogen) atoms. The van der Waals surface area contributed by atoms with Gasteiger partial charge in [-0.2, -0.15) is 5.10 Å². The van der Waals surface area contributed by atoms with E-state index in [1.165, 1.54) is 19.3 Å². The minimum absolute atomic E-state index is 0.515. The van der Waals surface area contributed by atoms with Crippen LogP contribution in [0.25, 0.3) is 0 Å². The smallest absolute Gasteiger partial charge is 0.136 e. The Balaban J connectivity index is 2.21. The number of nitrogen functional groups attached to an aromatic ring is 1. The summed E-state index contributed by atoms with van der Waals surface area (Å²) in [7, 11) is 0. The lowest BCUT2D eigenvalue weighted by Gasteiger charge is -2.11. The maximum atomic E-state index is 5.88. The Morgan fingerprint density at radius 3 is 2.85 bits per heavy atom. The third-order valence-electron chi connectivity index (χ3n) is 2.80. The molecule has 0 amide bonds. The highest BCUT2D eigenvalue weighted by atomic mass is 79.9. The monoisotopic (exact) mass is 243 g/mol. The molecule has 4 heteroatoms. The first-order valence-corrected chi connectivity index (χ1v) is 5.46. The molecule has 2 unspecified atom stereocenters. The van der Waals surface area contributed by atoms with Crippen LogP contribution in [-0.4, -0.2) is 9.78 Å². The summed E-state index contributed by atoms with van der Waals surface area (Å²) in [5.41, 5.74) is 5.88. The highest BCUT2D eigenvalue weighted by Crippen LogP contribution is 2.36. The predicted octanol–water partition coefficient (Wildman–Crippen LogP) is 2.59. The molecular weight excluding hydrogens is 230 g/mol. The number of nitrogens with zero attached hydrogens (tertiary/aromatic N) is 2. The van der Waals surface area contributed by atoms with E-state index in [2.05, 4.69) is 28.0 Å². The van der Waals surface area contributed by atoms with E-state index in [0.29, 0.717) is 6.04 Å². The highest BCUT2D eigenvalue weighted by molar-refractivity contribution is 9.10. The standard InChI is InChI=1S/C9H14BrN3/c1-6-2-3-7(4-6)13-9(11)8(10)5-12-13/h5-7H,2-4,11H2,1H3. The normalized spacial score (nSPS) is 28.2. The molecule has 0 bridgehead atoms. The molecule has 1 aliphatic carbocycles. The van der Waals surface area contributed by atoms with E-state index in [1.807, 2.05) is 4.68 Å². The van der Waals surface area contributed by atoms with Crippen molar-refractivity contribution in [3.05, 3.63) is 10.7 Å². The fourth-order valence-corrected chi connectivity index (χ4v) is 2.31. The minimum atomic E-state index is 0.515. The van der Waals surface area contributed by atoms with Gasteiger partial charge >= 0.3 is 0 Å². The van der Waals surface area contributed by atoms with Crippen LogP contribution >= 0.6 is 15.9 Å². The molecule has 0 spiro atoms. The second-order valence-electron chi connectivity index (χ2n) is 3.89. The quantitative estimate of drug-likeness (QED) is 0.825. The molecule has 1 aromatic rings. The summed E-state index contributed by atoms with van der Waals surface area (Å²) in [5, 5.41) is 4.28. The summed E-state index contributed by atoms with van der Waals surface area (Å²) in [6, 6.07) is 0.515. The second kappa shape index (κ2) is 3.33. The number of anilines is 1. The lowest BCUT2D eigenvalue weighted by molar-refractivity contribution is 0.456. The van der Waals surface area contributed by atoms with E-state index in [1.54, 1.807) is 6.20 Å². The van der Waals surface area contributed by atoms with Crippen molar-refractivity contribution < 1.29 is 0 Å². The third kappa shape index (κ3) is 1.59. The van der Waals surface area contributed by atoms with Crippen LogP contribution in [0, 0.1) is 5.92 Å². The van der Waals surface area contributed by atoms with Crippen molar-refractivity contribution in [2.75, 3.05) is 5.73 Å². The Kier molecular flexibility index (Phi) is 2.32. The van der Waals surface area contributed by atoms with Crippen molar-refractivity contribution in [3.63, 3.8) is 0 Å². The van der Waals surface area contributed by atoms with Crippen LogP contribution in [-0.2, 0) is 0 Å². The van der Waals surface area contributed by atoms with Gasteiger partial charge in [0.05, 0.1) is 16.7 Å². The SMILES string of the molecule is CC1CCC(n2ncc(Br)c2N)C1. The van der Waals surface area contributed by atoms with Gasteiger partial charge in [0.1, 0.15) is 5.82 Å². The lowest BCUT2D eigenvalue weighted by Crippen LogP contribution is -2.10. The number of halogens is 1. The molecule has 1 fully saturated rings. The lowest BCUT2D eigenvalue weighted by atomic mass is 10.1. The summed E-state index contributed by atoms with van der Waals surface area (Å²) >= 11 is 3.37. The van der Waals surface area contributed by atoms with Gasteiger partial charge in [-0.05, 0) is 41.1 Å². The zero-order valence-corrected chi connectivity index (χ0v) is 9.29. The molecule has 2 atom stereocenters. The molecule has 2 rings (SSSR count). The van der Waals surface area contributed by atoms with Gasteiger partial charge in [-0.25, -0.2) is 4.68 Å². The van der Waals surface area contributed by atoms with E-state index in [0.717, 1.165) is 16.2 Å². The molecule has 1 aromatic heterocycles. The fraction of sp³-hybridized carbons (Fsp3) is 0.667. The maximum absolute atomic E-state index is 5.88. The predicted molar refractivity (Wildman–Crippen MR) is 56.4 cm³/mol. The van der Waals surface area contributed by atoms with E-state index < -0.39 is 0 Å². The fourth-order valence-electron chi connectivity index (χ4n) is 2.04. The van der Waals surface area contributed by atoms with Crippen molar-refractivity contribution in [2.45, 2.75) is 32.2 Å². The Morgan fingerprint density at radius 1 is 1.62 bits per heavy atom. The Hall–Kier alpha value is -0.510. The van der Waals surface area contributed by atoms with E-state index in [4.69, 9.17) is 5.73 Å². The number of hydrogen-bond acceptors (Lipinski definition) is 2. The second-order valence-corrected chi connectivity index (χ2v) is 4.75. The molecule has 1 saturated carbocycles. The summed E-state index contributed by atoms with van der Waals surface area (Å²) in [6.07, 6.45) is 5.48. The Labute approximate surface area is 86.4 Å². The van der Waals surface area contributed by atoms with Crippen molar-refractivity contribution in [2.24, 2.45) is 5.92 Å². The molecule has 2 N–H and O–H groups in total. The summed E-state index contributed by atoms with van der Waals surface area (Å²) in [5.74, 6) is 1.58. The van der Waals surface area contributed by atoms with Gasteiger partial charge in [-0.1, -0.05) is 6.92 Å². The first-order chi connectivity index (χ1) is 6.18. The zero-order chi connectivity index (χ0) is 9.42. The van der Waals surface area contributed by atoms with Gasteiger partial charge in [-0.15, -0.1) is 0 Å². The number of nitrogens with two attached hydrogens (primary N) is 1. The molecule has 0 saturated heterocycles. The van der Waals surface area contributed by atoms with Crippen molar-refractivity contribution in [1.29, 1.82) is 0 Å². The minimum Gasteiger partial charge on any atom is -0.383 e. The molecule has 0 aliphatic heterocycles. The first-order valence-electron chi connectivity index (χ1n) is 4.67. The Morgan fingerprint density at radius 2 is 2.38 bits per heavy atom. The first kappa shape index (κ1) is 9.06. The van der Waals surface area contributed by atoms with Gasteiger partial charge in [-0.3, -0.25) is 0 Å². The molecule has 3 nitrogen and oxygen atoms in total. The average molecular weight is 244 g/mol. The molecule has 1 aliphatic rings. The molecule has 1 heterocycles. The molecular formula is C9H14BrN3. The van der Waals surface area contributed by atoms with Crippen LogP contribution in [0.4, 0.5) is 5.82 Å². The third-order valence-corrected chi connectivity index (χ3v) is 3.41. The summed E-state index contributed by atoms with van der Waals surface area (Å²) in [6.45, 7) is 2.29. The van der Waals surface area contributed by atoms with Crippen LogP contribution in [0.2, 0.25) is 0 Å². The van der Waals surface area contributed by atoms with Crippen LogP contribution in [0.1, 0.15) is 32.2 Å². The number of hydrogen-bond donors (Lipinski definition) is 1. The Bertz CT molecular complexity index is 308. The van der Waals surface area contributed by atoms with Gasteiger partial charge in [0.15, 0.2) is 0 Å².